The Balaban J connectivity index is 1.56. The number of nitrogens with zero attached hydrogens (tertiary/aromatic N) is 3. The van der Waals surface area contributed by atoms with Crippen LogP contribution in [-0.2, 0) is 6.42 Å². The molecule has 1 unspecified atom stereocenters. The number of hydrogen-bond acceptors (Lipinski definition) is 5. The number of anilines is 1. The van der Waals surface area contributed by atoms with Gasteiger partial charge in [-0.3, -0.25) is 4.79 Å². The van der Waals surface area contributed by atoms with Gasteiger partial charge in [0.15, 0.2) is 0 Å². The van der Waals surface area contributed by atoms with Crippen LogP contribution in [0.25, 0.3) is 4.96 Å². The van der Waals surface area contributed by atoms with Gasteiger partial charge in [0, 0.05) is 17.8 Å². The lowest BCUT2D eigenvalue weighted by atomic mass is 9.86. The van der Waals surface area contributed by atoms with Gasteiger partial charge in [0.25, 0.3) is 5.56 Å². The highest BCUT2D eigenvalue weighted by Gasteiger charge is 2.54. The zero-order valence-electron chi connectivity index (χ0n) is 13.0. The summed E-state index contributed by atoms with van der Waals surface area (Å²) in [4.78, 5) is 17.4. The molecule has 5 nitrogen and oxygen atoms in total. The van der Waals surface area contributed by atoms with Crippen molar-refractivity contribution in [3.05, 3.63) is 22.1 Å². The second kappa shape index (κ2) is 5.33. The molecule has 2 aliphatic carbocycles. The lowest BCUT2D eigenvalue weighted by Gasteiger charge is -2.22. The van der Waals surface area contributed by atoms with Gasteiger partial charge in [0.05, 0.1) is 0 Å². The summed E-state index contributed by atoms with van der Waals surface area (Å²) >= 11 is 1.50. The van der Waals surface area contributed by atoms with Crippen molar-refractivity contribution in [3.63, 3.8) is 0 Å². The molecule has 0 amide bonds. The maximum atomic E-state index is 12.1. The van der Waals surface area contributed by atoms with E-state index in [1.165, 1.54) is 54.4 Å². The van der Waals surface area contributed by atoms with Crippen LogP contribution in [0.15, 0.2) is 10.9 Å². The Morgan fingerprint density at radius 3 is 3.00 bits per heavy atom. The third-order valence-electron chi connectivity index (χ3n) is 5.14. The summed E-state index contributed by atoms with van der Waals surface area (Å²) in [6.07, 6.45) is 9.89. The summed E-state index contributed by atoms with van der Waals surface area (Å²) in [6, 6.07) is 2.15. The van der Waals surface area contributed by atoms with Crippen molar-refractivity contribution in [2.75, 3.05) is 5.32 Å². The molecule has 2 aromatic rings. The highest BCUT2D eigenvalue weighted by atomic mass is 32.1. The third-order valence-corrected chi connectivity index (χ3v) is 5.98. The predicted molar refractivity (Wildman–Crippen MR) is 88.7 cm³/mol. The lowest BCUT2D eigenvalue weighted by molar-refractivity contribution is 0.330. The molecule has 1 N–H and O–H groups in total. The van der Waals surface area contributed by atoms with Crippen molar-refractivity contribution < 1.29 is 0 Å². The summed E-state index contributed by atoms with van der Waals surface area (Å²) in [5.74, 6) is 0. The normalized spacial score (nSPS) is 23.0. The van der Waals surface area contributed by atoms with Crippen LogP contribution in [0, 0.1) is 5.41 Å². The van der Waals surface area contributed by atoms with Crippen LogP contribution in [0.4, 0.5) is 5.13 Å². The summed E-state index contributed by atoms with van der Waals surface area (Å²) in [5.41, 5.74) is 1.32. The molecule has 2 fully saturated rings. The number of aryl methyl sites for hydroxylation is 1. The second-order valence-corrected chi connectivity index (χ2v) is 7.72. The van der Waals surface area contributed by atoms with Crippen molar-refractivity contribution in [3.8, 4) is 0 Å². The van der Waals surface area contributed by atoms with E-state index in [-0.39, 0.29) is 5.56 Å². The first kappa shape index (κ1) is 14.2. The highest BCUT2D eigenvalue weighted by Crippen LogP contribution is 2.57. The van der Waals surface area contributed by atoms with Crippen LogP contribution in [0.1, 0.15) is 57.6 Å². The molecule has 0 aliphatic heterocycles. The maximum Gasteiger partial charge on any atom is 0.275 e. The Hall–Kier alpha value is -1.43. The van der Waals surface area contributed by atoms with Gasteiger partial charge in [-0.15, -0.1) is 5.10 Å². The number of hydrogen-bond donors (Lipinski definition) is 1. The van der Waals surface area contributed by atoms with E-state index in [0.29, 0.717) is 16.4 Å². The number of rotatable bonds is 4. The van der Waals surface area contributed by atoms with Gasteiger partial charge in [-0.05, 0) is 31.1 Å². The summed E-state index contributed by atoms with van der Waals surface area (Å²) in [5, 5.41) is 8.81. The fourth-order valence-corrected chi connectivity index (χ4v) is 4.68. The molecule has 4 rings (SSSR count). The van der Waals surface area contributed by atoms with E-state index in [1.54, 1.807) is 6.07 Å². The highest BCUT2D eigenvalue weighted by molar-refractivity contribution is 7.20. The topological polar surface area (TPSA) is 59.3 Å². The van der Waals surface area contributed by atoms with E-state index in [1.807, 2.05) is 0 Å². The van der Waals surface area contributed by atoms with Crippen molar-refractivity contribution in [2.45, 2.75) is 64.3 Å². The Kier molecular flexibility index (Phi) is 3.44. The third kappa shape index (κ3) is 2.43. The molecular weight excluding hydrogens is 296 g/mol. The molecule has 6 heteroatoms. The summed E-state index contributed by atoms with van der Waals surface area (Å²) in [6.45, 7) is 2.10. The van der Waals surface area contributed by atoms with Gasteiger partial charge in [0.1, 0.15) is 0 Å². The molecule has 2 aromatic heterocycles. The average Bonchev–Trinajstić information content (AvgIpc) is 2.95. The quantitative estimate of drug-likeness (QED) is 0.940. The lowest BCUT2D eigenvalue weighted by Crippen LogP contribution is -2.18. The summed E-state index contributed by atoms with van der Waals surface area (Å²) in [7, 11) is 0. The van der Waals surface area contributed by atoms with Gasteiger partial charge in [-0.25, -0.2) is 4.98 Å². The first-order valence-corrected chi connectivity index (χ1v) is 9.18. The first-order chi connectivity index (χ1) is 10.7. The smallest absolute Gasteiger partial charge is 0.275 e. The molecule has 2 aliphatic rings. The zero-order chi connectivity index (χ0) is 15.2. The molecule has 0 aromatic carbocycles. The van der Waals surface area contributed by atoms with Crippen molar-refractivity contribution in [1.29, 1.82) is 0 Å². The molecule has 0 radical (unpaired) electrons. The molecule has 2 heterocycles. The Bertz CT molecular complexity index is 744. The fourth-order valence-electron chi connectivity index (χ4n) is 3.81. The monoisotopic (exact) mass is 318 g/mol. The Labute approximate surface area is 133 Å². The van der Waals surface area contributed by atoms with Gasteiger partial charge >= 0.3 is 0 Å². The minimum Gasteiger partial charge on any atom is -0.357 e. The van der Waals surface area contributed by atoms with Gasteiger partial charge in [0.2, 0.25) is 10.1 Å². The molecular formula is C16H22N4OS. The van der Waals surface area contributed by atoms with Crippen molar-refractivity contribution in [2.24, 2.45) is 5.41 Å². The molecule has 2 saturated carbocycles. The van der Waals surface area contributed by atoms with Crippen LogP contribution in [0.5, 0.6) is 0 Å². The standard InChI is InChI=1S/C16H22N4OS/c1-2-6-11-9-13(21)20-15(17-11)22-14(19-20)18-12-10-16(12)7-4-3-5-8-16/h9,12H,2-8,10H2,1H3,(H,18,19). The summed E-state index contributed by atoms with van der Waals surface area (Å²) < 4.78 is 1.43. The first-order valence-electron chi connectivity index (χ1n) is 8.36. The maximum absolute atomic E-state index is 12.1. The molecule has 118 valence electrons. The largest absolute Gasteiger partial charge is 0.357 e. The fraction of sp³-hybridized carbons (Fsp3) is 0.688. The minimum absolute atomic E-state index is 0.0686. The van der Waals surface area contributed by atoms with E-state index in [0.717, 1.165) is 23.7 Å². The van der Waals surface area contributed by atoms with E-state index in [4.69, 9.17) is 0 Å². The molecule has 0 bridgehead atoms. The minimum atomic E-state index is -0.0686. The van der Waals surface area contributed by atoms with Gasteiger partial charge < -0.3 is 5.32 Å². The van der Waals surface area contributed by atoms with Crippen LogP contribution in [-0.4, -0.2) is 20.6 Å². The van der Waals surface area contributed by atoms with Gasteiger partial charge in [-0.2, -0.15) is 4.52 Å². The average molecular weight is 318 g/mol. The van der Waals surface area contributed by atoms with Crippen LogP contribution in [0.2, 0.25) is 0 Å². The molecule has 1 atom stereocenters. The van der Waals surface area contributed by atoms with E-state index in [9.17, 15) is 4.79 Å². The van der Waals surface area contributed by atoms with Crippen LogP contribution >= 0.6 is 11.3 Å². The predicted octanol–water partition coefficient (Wildman–Crippen LogP) is 3.24. The number of fused-ring (bicyclic) bond motifs is 1. The van der Waals surface area contributed by atoms with E-state index in [2.05, 4.69) is 22.3 Å². The van der Waals surface area contributed by atoms with Crippen LogP contribution in [0.3, 0.4) is 0 Å². The van der Waals surface area contributed by atoms with E-state index >= 15 is 0 Å². The SMILES string of the molecule is CCCc1cc(=O)n2nc(NC3CC34CCCCC4)sc2n1. The Morgan fingerprint density at radius 1 is 1.41 bits per heavy atom. The Morgan fingerprint density at radius 2 is 2.23 bits per heavy atom. The molecule has 1 spiro atoms. The van der Waals surface area contributed by atoms with Crippen molar-refractivity contribution >= 4 is 21.4 Å². The van der Waals surface area contributed by atoms with Gasteiger partial charge in [-0.1, -0.05) is 43.9 Å². The molecule has 0 saturated heterocycles. The van der Waals surface area contributed by atoms with E-state index < -0.39 is 0 Å². The van der Waals surface area contributed by atoms with Crippen molar-refractivity contribution in [1.82, 2.24) is 14.6 Å². The van der Waals surface area contributed by atoms with Crippen LogP contribution < -0.4 is 10.9 Å². The zero-order valence-corrected chi connectivity index (χ0v) is 13.8. The number of nitrogens with one attached hydrogen (secondary N) is 1. The molecule has 22 heavy (non-hydrogen) atoms. The second-order valence-electron chi connectivity index (χ2n) is 6.76. The number of aromatic nitrogens is 3.